The van der Waals surface area contributed by atoms with Crippen LogP contribution in [0.2, 0.25) is 5.02 Å². The Kier molecular flexibility index (Phi) is 3.10. The third kappa shape index (κ3) is 2.05. The first-order chi connectivity index (χ1) is 8.57. The van der Waals surface area contributed by atoms with E-state index in [0.717, 1.165) is 13.1 Å². The fourth-order valence-electron chi connectivity index (χ4n) is 2.76. The average molecular weight is 287 g/mol. The van der Waals surface area contributed by atoms with Gasteiger partial charge in [0.25, 0.3) is 0 Å². The lowest BCUT2D eigenvalue weighted by atomic mass is 10.0. The summed E-state index contributed by atoms with van der Waals surface area (Å²) in [7, 11) is -3.35. The second-order valence-corrected chi connectivity index (χ2v) is 7.33. The first-order valence-electron chi connectivity index (χ1n) is 6.04. The van der Waals surface area contributed by atoms with E-state index >= 15 is 0 Å². The van der Waals surface area contributed by atoms with Gasteiger partial charge in [0, 0.05) is 18.1 Å². The highest BCUT2D eigenvalue weighted by Crippen LogP contribution is 2.30. The molecule has 0 radical (unpaired) electrons. The van der Waals surface area contributed by atoms with E-state index in [-0.39, 0.29) is 0 Å². The Morgan fingerprint density at radius 1 is 1.11 bits per heavy atom. The van der Waals surface area contributed by atoms with Crippen molar-refractivity contribution in [1.29, 1.82) is 0 Å². The van der Waals surface area contributed by atoms with E-state index in [2.05, 4.69) is 5.32 Å². The predicted molar refractivity (Wildman–Crippen MR) is 70.1 cm³/mol. The van der Waals surface area contributed by atoms with Gasteiger partial charge in [-0.3, -0.25) is 0 Å². The Morgan fingerprint density at radius 2 is 1.67 bits per heavy atom. The van der Waals surface area contributed by atoms with Gasteiger partial charge in [-0.25, -0.2) is 8.42 Å². The van der Waals surface area contributed by atoms with E-state index in [1.807, 2.05) is 0 Å². The number of nitrogens with one attached hydrogen (secondary N) is 1. The zero-order valence-electron chi connectivity index (χ0n) is 9.84. The maximum absolute atomic E-state index is 12.4. The van der Waals surface area contributed by atoms with Crippen molar-refractivity contribution in [2.45, 2.75) is 4.90 Å². The molecule has 0 saturated carbocycles. The SMILES string of the molecule is O=S(=O)(c1ccc(Cl)cc1)N1CC2CNCC2C1. The van der Waals surface area contributed by atoms with Crippen LogP contribution in [0.1, 0.15) is 0 Å². The minimum atomic E-state index is -3.35. The summed E-state index contributed by atoms with van der Waals surface area (Å²) in [4.78, 5) is 0.333. The molecule has 0 bridgehead atoms. The molecular weight excluding hydrogens is 272 g/mol. The van der Waals surface area contributed by atoms with Crippen LogP contribution in [0.15, 0.2) is 29.2 Å². The topological polar surface area (TPSA) is 49.4 Å². The van der Waals surface area contributed by atoms with E-state index in [9.17, 15) is 8.42 Å². The molecule has 2 saturated heterocycles. The first-order valence-corrected chi connectivity index (χ1v) is 7.85. The van der Waals surface area contributed by atoms with E-state index in [4.69, 9.17) is 11.6 Å². The maximum atomic E-state index is 12.4. The Balaban J connectivity index is 1.85. The highest BCUT2D eigenvalue weighted by molar-refractivity contribution is 7.89. The molecule has 2 aliphatic heterocycles. The molecule has 0 amide bonds. The molecule has 2 aliphatic rings. The number of halogens is 1. The van der Waals surface area contributed by atoms with Crippen LogP contribution in [0.5, 0.6) is 0 Å². The van der Waals surface area contributed by atoms with Crippen molar-refractivity contribution in [2.75, 3.05) is 26.2 Å². The lowest BCUT2D eigenvalue weighted by Crippen LogP contribution is -2.31. The lowest BCUT2D eigenvalue weighted by molar-refractivity contribution is 0.448. The minimum absolute atomic E-state index is 0.333. The summed E-state index contributed by atoms with van der Waals surface area (Å²) >= 11 is 5.78. The van der Waals surface area contributed by atoms with E-state index in [0.29, 0.717) is 34.8 Å². The van der Waals surface area contributed by atoms with Crippen molar-refractivity contribution in [2.24, 2.45) is 11.8 Å². The Hall–Kier alpha value is -0.620. The van der Waals surface area contributed by atoms with Crippen molar-refractivity contribution < 1.29 is 8.42 Å². The van der Waals surface area contributed by atoms with Crippen molar-refractivity contribution in [3.8, 4) is 0 Å². The molecule has 2 unspecified atom stereocenters. The number of sulfonamides is 1. The molecule has 18 heavy (non-hydrogen) atoms. The molecule has 0 aliphatic carbocycles. The maximum Gasteiger partial charge on any atom is 0.243 e. The normalized spacial score (nSPS) is 28.5. The van der Waals surface area contributed by atoms with Crippen molar-refractivity contribution in [3.63, 3.8) is 0 Å². The molecule has 2 fully saturated rings. The molecule has 1 N–H and O–H groups in total. The number of benzene rings is 1. The van der Waals surface area contributed by atoms with Crippen LogP contribution in [0, 0.1) is 11.8 Å². The third-order valence-corrected chi connectivity index (χ3v) is 5.91. The highest BCUT2D eigenvalue weighted by atomic mass is 35.5. The zero-order chi connectivity index (χ0) is 12.8. The molecule has 4 nitrogen and oxygen atoms in total. The predicted octanol–water partition coefficient (Wildman–Crippen LogP) is 1.18. The standard InChI is InChI=1S/C12H15ClN2O2S/c13-11-1-3-12(4-2-11)18(16,17)15-7-9-5-14-6-10(9)8-15/h1-4,9-10,14H,5-8H2. The average Bonchev–Trinajstić information content (AvgIpc) is 2.89. The summed E-state index contributed by atoms with van der Waals surface area (Å²) in [5, 5.41) is 3.86. The van der Waals surface area contributed by atoms with E-state index < -0.39 is 10.0 Å². The smallest absolute Gasteiger partial charge is 0.243 e. The molecule has 0 aromatic heterocycles. The van der Waals surface area contributed by atoms with Gasteiger partial charge in [-0.05, 0) is 49.2 Å². The molecule has 2 atom stereocenters. The minimum Gasteiger partial charge on any atom is -0.316 e. The van der Waals surface area contributed by atoms with Crippen LogP contribution in [-0.2, 0) is 10.0 Å². The Bertz CT molecular complexity index is 532. The lowest BCUT2D eigenvalue weighted by Gasteiger charge is -2.17. The molecule has 2 heterocycles. The largest absolute Gasteiger partial charge is 0.316 e. The number of fused-ring (bicyclic) bond motifs is 1. The zero-order valence-corrected chi connectivity index (χ0v) is 11.4. The molecule has 1 aromatic carbocycles. The fourth-order valence-corrected chi connectivity index (χ4v) is 4.44. The summed E-state index contributed by atoms with van der Waals surface area (Å²) in [5.74, 6) is 0.930. The van der Waals surface area contributed by atoms with Crippen LogP contribution < -0.4 is 5.32 Å². The van der Waals surface area contributed by atoms with Gasteiger partial charge in [-0.15, -0.1) is 0 Å². The van der Waals surface area contributed by atoms with Crippen molar-refractivity contribution >= 4 is 21.6 Å². The second kappa shape index (κ2) is 4.49. The Morgan fingerprint density at radius 3 is 2.22 bits per heavy atom. The fraction of sp³-hybridized carbons (Fsp3) is 0.500. The first kappa shape index (κ1) is 12.4. The van der Waals surface area contributed by atoms with Gasteiger partial charge in [0.15, 0.2) is 0 Å². The number of hydrogen-bond donors (Lipinski definition) is 1. The van der Waals surface area contributed by atoms with Crippen LogP contribution in [-0.4, -0.2) is 38.9 Å². The summed E-state index contributed by atoms with van der Waals surface area (Å²) in [5.41, 5.74) is 0. The van der Waals surface area contributed by atoms with Gasteiger partial charge in [-0.1, -0.05) is 11.6 Å². The molecule has 3 rings (SSSR count). The van der Waals surface area contributed by atoms with Gasteiger partial charge < -0.3 is 5.32 Å². The number of hydrogen-bond acceptors (Lipinski definition) is 3. The van der Waals surface area contributed by atoms with Gasteiger partial charge >= 0.3 is 0 Å². The van der Waals surface area contributed by atoms with Gasteiger partial charge in [-0.2, -0.15) is 4.31 Å². The monoisotopic (exact) mass is 286 g/mol. The third-order valence-electron chi connectivity index (χ3n) is 3.81. The van der Waals surface area contributed by atoms with Crippen LogP contribution in [0.4, 0.5) is 0 Å². The van der Waals surface area contributed by atoms with Crippen molar-refractivity contribution in [3.05, 3.63) is 29.3 Å². The van der Waals surface area contributed by atoms with Gasteiger partial charge in [0.05, 0.1) is 4.90 Å². The highest BCUT2D eigenvalue weighted by Gasteiger charge is 2.41. The molecular formula is C12H15ClN2O2S. The summed E-state index contributed by atoms with van der Waals surface area (Å²) in [6, 6.07) is 6.38. The summed E-state index contributed by atoms with van der Waals surface area (Å²) in [6.45, 7) is 3.11. The molecule has 0 spiro atoms. The van der Waals surface area contributed by atoms with Crippen LogP contribution in [0.3, 0.4) is 0 Å². The van der Waals surface area contributed by atoms with Gasteiger partial charge in [0.1, 0.15) is 0 Å². The molecule has 1 aromatic rings. The number of nitrogens with zero attached hydrogens (tertiary/aromatic N) is 1. The summed E-state index contributed by atoms with van der Waals surface area (Å²) < 4.78 is 26.5. The molecule has 98 valence electrons. The number of rotatable bonds is 2. The Labute approximate surface area is 112 Å². The quantitative estimate of drug-likeness (QED) is 0.888. The van der Waals surface area contributed by atoms with Crippen molar-refractivity contribution in [1.82, 2.24) is 9.62 Å². The van der Waals surface area contributed by atoms with Crippen LogP contribution >= 0.6 is 11.6 Å². The molecule has 6 heteroatoms. The van der Waals surface area contributed by atoms with E-state index in [1.54, 1.807) is 28.6 Å². The van der Waals surface area contributed by atoms with Crippen LogP contribution in [0.25, 0.3) is 0 Å². The van der Waals surface area contributed by atoms with Gasteiger partial charge in [0.2, 0.25) is 10.0 Å². The van der Waals surface area contributed by atoms with E-state index in [1.165, 1.54) is 0 Å². The second-order valence-electron chi connectivity index (χ2n) is 4.95. The summed E-state index contributed by atoms with van der Waals surface area (Å²) in [6.07, 6.45) is 0.